The number of rotatable bonds is 6. The highest BCUT2D eigenvalue weighted by atomic mass is 32.1. The molecule has 1 saturated carbocycles. The van der Waals surface area contributed by atoms with Crippen LogP contribution in [0.5, 0.6) is 0 Å². The van der Waals surface area contributed by atoms with E-state index >= 15 is 0 Å². The number of aromatic nitrogens is 2. The lowest BCUT2D eigenvalue weighted by Gasteiger charge is -2.33. The number of nitrogens with one attached hydrogen (secondary N) is 1. The molecule has 1 amide bonds. The maximum Gasteiger partial charge on any atom is 0.237 e. The minimum absolute atomic E-state index is 0.286. The Morgan fingerprint density at radius 1 is 1.38 bits per heavy atom. The van der Waals surface area contributed by atoms with E-state index in [1.165, 1.54) is 17.7 Å². The van der Waals surface area contributed by atoms with Gasteiger partial charge in [0, 0.05) is 36.9 Å². The first-order valence-electron chi connectivity index (χ1n) is 8.82. The van der Waals surface area contributed by atoms with E-state index in [0.29, 0.717) is 18.5 Å². The van der Waals surface area contributed by atoms with Crippen molar-refractivity contribution < 1.29 is 4.79 Å². The van der Waals surface area contributed by atoms with Crippen LogP contribution in [0.2, 0.25) is 0 Å². The summed E-state index contributed by atoms with van der Waals surface area (Å²) in [6.45, 7) is 3.29. The normalized spacial score (nSPS) is 21.8. The van der Waals surface area contributed by atoms with Crippen LogP contribution in [0.15, 0.2) is 29.1 Å². The monoisotopic (exact) mass is 344 g/mol. The van der Waals surface area contributed by atoms with E-state index in [4.69, 9.17) is 0 Å². The van der Waals surface area contributed by atoms with Crippen molar-refractivity contribution in [3.63, 3.8) is 0 Å². The average molecular weight is 344 g/mol. The molecule has 0 spiro atoms. The molecule has 3 heterocycles. The fraction of sp³-hybridized carbons (Fsp3) is 0.556. The van der Waals surface area contributed by atoms with Crippen molar-refractivity contribution in [1.82, 2.24) is 20.0 Å². The number of nitrogens with zero attached hydrogens (tertiary/aromatic N) is 3. The van der Waals surface area contributed by atoms with E-state index in [9.17, 15) is 4.79 Å². The molecule has 1 saturated heterocycles. The van der Waals surface area contributed by atoms with Crippen LogP contribution in [0.3, 0.4) is 0 Å². The van der Waals surface area contributed by atoms with Crippen LogP contribution in [0.4, 0.5) is 0 Å². The Kier molecular flexibility index (Phi) is 4.67. The Bertz CT molecular complexity index is 651. The number of H-pyrrole nitrogens is 1. The molecule has 0 unspecified atom stereocenters. The van der Waals surface area contributed by atoms with E-state index in [1.807, 2.05) is 6.20 Å². The lowest BCUT2D eigenvalue weighted by atomic mass is 9.95. The van der Waals surface area contributed by atoms with E-state index in [2.05, 4.69) is 42.9 Å². The Balaban J connectivity index is 1.37. The summed E-state index contributed by atoms with van der Waals surface area (Å²) in [4.78, 5) is 17.3. The van der Waals surface area contributed by atoms with Gasteiger partial charge in [-0.05, 0) is 60.7 Å². The number of carbonyl (C=O) groups is 1. The van der Waals surface area contributed by atoms with Crippen LogP contribution >= 0.6 is 11.3 Å². The highest BCUT2D eigenvalue weighted by Crippen LogP contribution is 2.30. The third kappa shape index (κ3) is 3.70. The van der Waals surface area contributed by atoms with Crippen molar-refractivity contribution in [1.29, 1.82) is 0 Å². The van der Waals surface area contributed by atoms with Gasteiger partial charge in [0.15, 0.2) is 0 Å². The van der Waals surface area contributed by atoms with Gasteiger partial charge >= 0.3 is 0 Å². The topological polar surface area (TPSA) is 52.2 Å². The third-order valence-electron chi connectivity index (χ3n) is 5.07. The molecule has 0 bridgehead atoms. The van der Waals surface area contributed by atoms with Crippen LogP contribution in [-0.2, 0) is 11.3 Å². The van der Waals surface area contributed by atoms with Crippen molar-refractivity contribution in [2.75, 3.05) is 19.6 Å². The molecule has 1 N–H and O–H groups in total. The number of aromatic amines is 1. The molecule has 24 heavy (non-hydrogen) atoms. The summed E-state index contributed by atoms with van der Waals surface area (Å²) in [7, 11) is 0. The van der Waals surface area contributed by atoms with Gasteiger partial charge in [-0.15, -0.1) is 0 Å². The van der Waals surface area contributed by atoms with E-state index < -0.39 is 0 Å². The molecular weight excluding hydrogens is 320 g/mol. The zero-order valence-corrected chi connectivity index (χ0v) is 14.7. The van der Waals surface area contributed by atoms with Crippen LogP contribution in [-0.4, -0.2) is 51.6 Å². The van der Waals surface area contributed by atoms with Gasteiger partial charge < -0.3 is 4.90 Å². The number of hydrogen-bond donors (Lipinski definition) is 1. The summed E-state index contributed by atoms with van der Waals surface area (Å²) in [5, 5.41) is 11.4. The minimum atomic E-state index is 0.286. The van der Waals surface area contributed by atoms with Crippen molar-refractivity contribution in [3.8, 4) is 0 Å². The molecular formula is C18H24N4OS. The molecule has 2 aromatic rings. The van der Waals surface area contributed by atoms with E-state index in [-0.39, 0.29) is 5.91 Å². The Morgan fingerprint density at radius 3 is 3.00 bits per heavy atom. The maximum atomic E-state index is 12.9. The molecule has 2 aliphatic rings. The highest BCUT2D eigenvalue weighted by Gasteiger charge is 2.34. The summed E-state index contributed by atoms with van der Waals surface area (Å²) >= 11 is 1.70. The number of amides is 1. The fourth-order valence-corrected chi connectivity index (χ4v) is 4.28. The van der Waals surface area contributed by atoms with Crippen molar-refractivity contribution in [3.05, 3.63) is 40.3 Å². The molecule has 0 radical (unpaired) electrons. The number of piperidine rings is 1. The highest BCUT2D eigenvalue weighted by molar-refractivity contribution is 7.07. The second kappa shape index (κ2) is 7.07. The van der Waals surface area contributed by atoms with Gasteiger partial charge in [0.2, 0.25) is 5.91 Å². The van der Waals surface area contributed by atoms with Gasteiger partial charge in [-0.25, -0.2) is 0 Å². The predicted octanol–water partition coefficient (Wildman–Crippen LogP) is 2.84. The van der Waals surface area contributed by atoms with Crippen molar-refractivity contribution >= 4 is 17.2 Å². The second-order valence-electron chi connectivity index (χ2n) is 6.97. The maximum absolute atomic E-state index is 12.9. The summed E-state index contributed by atoms with van der Waals surface area (Å²) < 4.78 is 0. The molecule has 5 nitrogen and oxygen atoms in total. The van der Waals surface area contributed by atoms with Gasteiger partial charge in [-0.3, -0.25) is 14.8 Å². The molecule has 2 aromatic heterocycles. The molecule has 1 aliphatic heterocycles. The van der Waals surface area contributed by atoms with Gasteiger partial charge in [0.25, 0.3) is 0 Å². The number of hydrogen-bond acceptors (Lipinski definition) is 4. The molecule has 128 valence electrons. The van der Waals surface area contributed by atoms with Gasteiger partial charge in [0.05, 0.1) is 6.54 Å². The van der Waals surface area contributed by atoms with Crippen molar-refractivity contribution in [2.24, 2.45) is 0 Å². The largest absolute Gasteiger partial charge is 0.334 e. The standard InChI is InChI=1S/C18H24N4OS/c23-18(22(16-3-4-16)10-14-6-9-24-13-14)12-21-8-1-2-15(11-21)17-5-7-19-20-17/h5-7,9,13,15-16H,1-4,8,10-12H2,(H,19,20)/t15-/m1/s1. The molecule has 1 atom stereocenters. The van der Waals surface area contributed by atoms with Crippen LogP contribution in [0.25, 0.3) is 0 Å². The summed E-state index contributed by atoms with van der Waals surface area (Å²) in [6, 6.07) is 4.65. The Morgan fingerprint density at radius 2 is 2.29 bits per heavy atom. The second-order valence-corrected chi connectivity index (χ2v) is 7.75. The van der Waals surface area contributed by atoms with E-state index in [1.54, 1.807) is 11.3 Å². The van der Waals surface area contributed by atoms with Crippen LogP contribution in [0, 0.1) is 0 Å². The van der Waals surface area contributed by atoms with Gasteiger partial charge in [-0.1, -0.05) is 0 Å². The molecule has 1 aliphatic carbocycles. The van der Waals surface area contributed by atoms with Crippen molar-refractivity contribution in [2.45, 2.75) is 44.2 Å². The predicted molar refractivity (Wildman–Crippen MR) is 94.9 cm³/mol. The third-order valence-corrected chi connectivity index (χ3v) is 5.80. The van der Waals surface area contributed by atoms with Crippen LogP contribution in [0.1, 0.15) is 42.9 Å². The summed E-state index contributed by atoms with van der Waals surface area (Å²) in [6.07, 6.45) is 6.45. The lowest BCUT2D eigenvalue weighted by molar-refractivity contribution is -0.134. The summed E-state index contributed by atoms with van der Waals surface area (Å²) in [5.41, 5.74) is 2.46. The molecule has 2 fully saturated rings. The SMILES string of the molecule is O=C(CN1CCC[C@@H](c2ccn[nH]2)C1)N(Cc1ccsc1)C1CC1. The minimum Gasteiger partial charge on any atom is -0.334 e. The molecule has 4 rings (SSSR count). The number of carbonyl (C=O) groups excluding carboxylic acids is 1. The zero-order chi connectivity index (χ0) is 16.4. The van der Waals surface area contributed by atoms with E-state index in [0.717, 1.165) is 38.9 Å². The Labute approximate surface area is 146 Å². The lowest BCUT2D eigenvalue weighted by Crippen LogP contribution is -2.44. The van der Waals surface area contributed by atoms with Crippen LogP contribution < -0.4 is 0 Å². The average Bonchev–Trinajstić information content (AvgIpc) is 3.08. The first-order valence-corrected chi connectivity index (χ1v) is 9.76. The van der Waals surface area contributed by atoms with Gasteiger partial charge in [0.1, 0.15) is 0 Å². The first-order chi connectivity index (χ1) is 11.8. The fourth-order valence-electron chi connectivity index (χ4n) is 3.62. The smallest absolute Gasteiger partial charge is 0.237 e. The summed E-state index contributed by atoms with van der Waals surface area (Å²) in [5.74, 6) is 0.759. The Hall–Kier alpha value is -1.66. The quantitative estimate of drug-likeness (QED) is 0.877. The molecule has 6 heteroatoms. The molecule has 0 aromatic carbocycles. The number of thiophene rings is 1. The first kappa shape index (κ1) is 15.8. The zero-order valence-electron chi connectivity index (χ0n) is 13.9. The number of likely N-dealkylation sites (tertiary alicyclic amines) is 1. The van der Waals surface area contributed by atoms with Gasteiger partial charge in [-0.2, -0.15) is 16.4 Å².